The number of halogens is 1. The van der Waals surface area contributed by atoms with E-state index < -0.39 is 16.1 Å². The lowest BCUT2D eigenvalue weighted by molar-refractivity contribution is -0.384. The van der Waals surface area contributed by atoms with Gasteiger partial charge in [0.1, 0.15) is 18.1 Å². The van der Waals surface area contributed by atoms with Crippen LogP contribution in [0.15, 0.2) is 70.0 Å². The highest BCUT2D eigenvalue weighted by atomic mass is 35.5. The molecule has 0 N–H and O–H groups in total. The lowest BCUT2D eigenvalue weighted by Gasteiger charge is -2.36. The standard InChI is InChI=1S/C26H21ClN4O6S/c27-17-6-8-20(21(14-17)31(35)36)22-9-7-19(37-22)15-23-25(33)30(26(34)38-23)16-24(32)29-12-10-28(11-13-29)18-4-2-1-3-5-18/h1-9,14-15H,10-13,16H2/b23-15+. The van der Waals surface area contributed by atoms with Crippen LogP contribution >= 0.6 is 23.4 Å². The number of thioether (sulfide) groups is 1. The first-order chi connectivity index (χ1) is 18.3. The molecule has 2 fully saturated rings. The van der Waals surface area contributed by atoms with Crippen molar-refractivity contribution in [3.05, 3.63) is 86.5 Å². The molecule has 194 valence electrons. The quantitative estimate of drug-likeness (QED) is 0.241. The third-order valence-corrected chi connectivity index (χ3v) is 7.39. The number of nitro benzene ring substituents is 1. The molecule has 2 aromatic carbocycles. The van der Waals surface area contributed by atoms with Crippen LogP contribution in [0.4, 0.5) is 16.2 Å². The van der Waals surface area contributed by atoms with Gasteiger partial charge in [-0.3, -0.25) is 29.4 Å². The molecular weight excluding hydrogens is 532 g/mol. The van der Waals surface area contributed by atoms with Crippen molar-refractivity contribution in [2.45, 2.75) is 0 Å². The summed E-state index contributed by atoms with van der Waals surface area (Å²) in [7, 11) is 0. The Kier molecular flexibility index (Phi) is 7.21. The van der Waals surface area contributed by atoms with E-state index in [1.54, 1.807) is 11.0 Å². The molecule has 0 bridgehead atoms. The Morgan fingerprint density at radius 2 is 1.79 bits per heavy atom. The summed E-state index contributed by atoms with van der Waals surface area (Å²) in [6.45, 7) is 1.96. The number of para-hydroxylation sites is 1. The molecule has 5 rings (SSSR count). The minimum absolute atomic E-state index is 0.100. The number of nitrogens with zero attached hydrogens (tertiary/aromatic N) is 4. The van der Waals surface area contributed by atoms with Gasteiger partial charge < -0.3 is 14.2 Å². The number of nitro groups is 1. The molecule has 3 heterocycles. The summed E-state index contributed by atoms with van der Waals surface area (Å²) in [4.78, 5) is 54.1. The molecule has 38 heavy (non-hydrogen) atoms. The molecule has 0 unspecified atom stereocenters. The Balaban J connectivity index is 1.24. The number of furan rings is 1. The number of carbonyl (C=O) groups is 3. The minimum atomic E-state index is -0.591. The fourth-order valence-electron chi connectivity index (χ4n) is 4.29. The van der Waals surface area contributed by atoms with Crippen molar-refractivity contribution in [2.24, 2.45) is 0 Å². The van der Waals surface area contributed by atoms with E-state index in [0.29, 0.717) is 37.9 Å². The molecule has 0 spiro atoms. The van der Waals surface area contributed by atoms with Crippen molar-refractivity contribution in [1.29, 1.82) is 0 Å². The van der Waals surface area contributed by atoms with Crippen LogP contribution < -0.4 is 4.90 Å². The monoisotopic (exact) mass is 552 g/mol. The van der Waals surface area contributed by atoms with Gasteiger partial charge in [0, 0.05) is 49.0 Å². The summed E-state index contributed by atoms with van der Waals surface area (Å²) >= 11 is 6.59. The highest BCUT2D eigenvalue weighted by molar-refractivity contribution is 8.18. The van der Waals surface area contributed by atoms with Crippen LogP contribution in [-0.2, 0) is 9.59 Å². The predicted octanol–water partition coefficient (Wildman–Crippen LogP) is 4.89. The van der Waals surface area contributed by atoms with Crippen molar-refractivity contribution in [2.75, 3.05) is 37.6 Å². The molecule has 3 aromatic rings. The summed E-state index contributed by atoms with van der Waals surface area (Å²) < 4.78 is 5.70. The number of hydrogen-bond donors (Lipinski definition) is 0. The maximum atomic E-state index is 12.9. The highest BCUT2D eigenvalue weighted by Gasteiger charge is 2.37. The third-order valence-electron chi connectivity index (χ3n) is 6.24. The van der Waals surface area contributed by atoms with Gasteiger partial charge in [0.15, 0.2) is 0 Å². The number of hydrogen-bond acceptors (Lipinski definition) is 8. The van der Waals surface area contributed by atoms with Crippen LogP contribution in [0.2, 0.25) is 5.02 Å². The van der Waals surface area contributed by atoms with E-state index in [1.165, 1.54) is 30.3 Å². The molecule has 2 saturated heterocycles. The van der Waals surface area contributed by atoms with E-state index in [2.05, 4.69) is 4.90 Å². The van der Waals surface area contributed by atoms with Crippen LogP contribution in [0.3, 0.4) is 0 Å². The number of anilines is 1. The maximum Gasteiger partial charge on any atom is 0.294 e. The van der Waals surface area contributed by atoms with Gasteiger partial charge in [-0.25, -0.2) is 0 Å². The summed E-state index contributed by atoms with van der Waals surface area (Å²) in [5.74, 6) is -0.440. The minimum Gasteiger partial charge on any atom is -0.456 e. The van der Waals surface area contributed by atoms with E-state index >= 15 is 0 Å². The molecule has 10 nitrogen and oxygen atoms in total. The van der Waals surface area contributed by atoms with Crippen molar-refractivity contribution in [3.8, 4) is 11.3 Å². The lowest BCUT2D eigenvalue weighted by atomic mass is 10.1. The molecule has 12 heteroatoms. The smallest absolute Gasteiger partial charge is 0.294 e. The van der Waals surface area contributed by atoms with Crippen LogP contribution in [0, 0.1) is 10.1 Å². The number of piperazine rings is 1. The van der Waals surface area contributed by atoms with Crippen molar-refractivity contribution in [3.63, 3.8) is 0 Å². The normalized spacial score (nSPS) is 17.0. The average molecular weight is 553 g/mol. The van der Waals surface area contributed by atoms with Crippen molar-refractivity contribution in [1.82, 2.24) is 9.80 Å². The van der Waals surface area contributed by atoms with E-state index in [0.717, 1.165) is 10.6 Å². The Morgan fingerprint density at radius 1 is 1.05 bits per heavy atom. The Hall–Kier alpha value is -4.09. The Morgan fingerprint density at radius 3 is 2.50 bits per heavy atom. The van der Waals surface area contributed by atoms with E-state index in [4.69, 9.17) is 16.0 Å². The SMILES string of the molecule is O=C(CN1C(=O)S/C(=C/c2ccc(-c3ccc(Cl)cc3[N+](=O)[O-])o2)C1=O)N1CCN(c2ccccc2)CC1. The first-order valence-electron chi connectivity index (χ1n) is 11.7. The Bertz CT molecular complexity index is 1450. The van der Waals surface area contributed by atoms with Gasteiger partial charge >= 0.3 is 0 Å². The van der Waals surface area contributed by atoms with Crippen LogP contribution in [0.5, 0.6) is 0 Å². The number of carbonyl (C=O) groups excluding carboxylic acids is 3. The number of imide groups is 1. The summed E-state index contributed by atoms with van der Waals surface area (Å²) in [5, 5.41) is 11.1. The van der Waals surface area contributed by atoms with Crippen LogP contribution in [-0.4, -0.2) is 64.5 Å². The molecule has 2 aliphatic rings. The van der Waals surface area contributed by atoms with Gasteiger partial charge in [0.2, 0.25) is 5.91 Å². The first kappa shape index (κ1) is 25.6. The zero-order valence-corrected chi connectivity index (χ0v) is 21.5. The second-order valence-corrected chi connectivity index (χ2v) is 10.0. The largest absolute Gasteiger partial charge is 0.456 e. The fourth-order valence-corrected chi connectivity index (χ4v) is 5.28. The summed E-state index contributed by atoms with van der Waals surface area (Å²) in [6, 6.07) is 17.2. The average Bonchev–Trinajstić information content (AvgIpc) is 3.49. The van der Waals surface area contributed by atoms with E-state index in [-0.39, 0.29) is 45.2 Å². The first-order valence-corrected chi connectivity index (χ1v) is 12.9. The number of rotatable bonds is 6. The number of amides is 3. The molecule has 0 atom stereocenters. The summed E-state index contributed by atoms with van der Waals surface area (Å²) in [5.41, 5.74) is 1.09. The zero-order valence-electron chi connectivity index (χ0n) is 19.9. The van der Waals surface area contributed by atoms with Gasteiger partial charge in [-0.05, 0) is 48.2 Å². The fraction of sp³-hybridized carbons (Fsp3) is 0.192. The van der Waals surface area contributed by atoms with Crippen molar-refractivity contribution >= 4 is 57.9 Å². The molecule has 3 amide bonds. The molecule has 0 saturated carbocycles. The van der Waals surface area contributed by atoms with E-state index in [9.17, 15) is 24.5 Å². The van der Waals surface area contributed by atoms with Gasteiger partial charge in [0.05, 0.1) is 15.4 Å². The van der Waals surface area contributed by atoms with Gasteiger partial charge in [-0.1, -0.05) is 29.8 Å². The third kappa shape index (κ3) is 5.29. The van der Waals surface area contributed by atoms with Crippen molar-refractivity contribution < 1.29 is 23.7 Å². The maximum absolute atomic E-state index is 12.9. The molecule has 0 aliphatic carbocycles. The van der Waals surface area contributed by atoms with Gasteiger partial charge in [-0.15, -0.1) is 0 Å². The van der Waals surface area contributed by atoms with Gasteiger partial charge in [0.25, 0.3) is 16.8 Å². The second-order valence-electron chi connectivity index (χ2n) is 8.59. The molecular formula is C26H21ClN4O6S. The predicted molar refractivity (Wildman–Crippen MR) is 144 cm³/mol. The highest BCUT2D eigenvalue weighted by Crippen LogP contribution is 2.36. The van der Waals surface area contributed by atoms with Crippen LogP contribution in [0.1, 0.15) is 5.76 Å². The number of benzene rings is 2. The second kappa shape index (κ2) is 10.7. The lowest BCUT2D eigenvalue weighted by Crippen LogP contribution is -2.51. The van der Waals surface area contributed by atoms with Crippen LogP contribution in [0.25, 0.3) is 17.4 Å². The molecule has 0 radical (unpaired) electrons. The zero-order chi connectivity index (χ0) is 26.8. The molecule has 2 aliphatic heterocycles. The molecule has 1 aromatic heterocycles. The topological polar surface area (TPSA) is 117 Å². The summed E-state index contributed by atoms with van der Waals surface area (Å²) in [6.07, 6.45) is 1.39. The van der Waals surface area contributed by atoms with E-state index in [1.807, 2.05) is 30.3 Å². The van der Waals surface area contributed by atoms with Gasteiger partial charge in [-0.2, -0.15) is 0 Å². The Labute approximate surface area is 226 Å².